The molecule has 0 radical (unpaired) electrons. The lowest BCUT2D eigenvalue weighted by molar-refractivity contribution is -0.0469. The fourth-order valence-electron chi connectivity index (χ4n) is 3.47. The van der Waals surface area contributed by atoms with Crippen LogP contribution in [0.5, 0.6) is 0 Å². The summed E-state index contributed by atoms with van der Waals surface area (Å²) in [6.45, 7) is 9.89. The molecular weight excluding hydrogens is 264 g/mol. The number of likely N-dealkylation sites (tertiary alicyclic amines) is 1. The van der Waals surface area contributed by atoms with E-state index < -0.39 is 0 Å². The van der Waals surface area contributed by atoms with Crippen molar-refractivity contribution in [1.29, 1.82) is 0 Å². The third-order valence-corrected chi connectivity index (χ3v) is 4.97. The molecule has 2 aliphatic heterocycles. The highest BCUT2D eigenvalue weighted by Crippen LogP contribution is 2.31. The predicted molar refractivity (Wildman–Crippen MR) is 84.0 cm³/mol. The van der Waals surface area contributed by atoms with Crippen LogP contribution in [0.3, 0.4) is 0 Å². The van der Waals surface area contributed by atoms with Gasteiger partial charge in [-0.1, -0.05) is 26.0 Å². The first-order chi connectivity index (χ1) is 10.1. The summed E-state index contributed by atoms with van der Waals surface area (Å²) in [4.78, 5) is 4.84. The number of hydrogen-bond donors (Lipinski definition) is 1. The molecule has 0 spiro atoms. The fraction of sp³-hybridized carbons (Fsp3) is 0.765. The molecule has 118 valence electrons. The molecule has 3 aliphatic rings. The monoisotopic (exact) mass is 292 g/mol. The van der Waals surface area contributed by atoms with Crippen LogP contribution < -0.4 is 0 Å². The van der Waals surface area contributed by atoms with E-state index in [1.165, 1.54) is 5.70 Å². The molecule has 2 fully saturated rings. The lowest BCUT2D eigenvalue weighted by atomic mass is 9.85. The second kappa shape index (κ2) is 6.11. The van der Waals surface area contributed by atoms with Gasteiger partial charge in [0.05, 0.1) is 25.4 Å². The average Bonchev–Trinajstić information content (AvgIpc) is 2.49. The molecule has 1 N–H and O–H groups in total. The van der Waals surface area contributed by atoms with Crippen molar-refractivity contribution < 1.29 is 9.84 Å². The number of allylic oxidation sites excluding steroid dienone is 3. The van der Waals surface area contributed by atoms with Gasteiger partial charge in [0.15, 0.2) is 0 Å². The summed E-state index contributed by atoms with van der Waals surface area (Å²) in [6, 6.07) is 0.242. The van der Waals surface area contributed by atoms with E-state index in [4.69, 9.17) is 4.74 Å². The summed E-state index contributed by atoms with van der Waals surface area (Å²) in [6.07, 6.45) is 8.68. The molecule has 2 saturated heterocycles. The van der Waals surface area contributed by atoms with Gasteiger partial charge in [0.2, 0.25) is 0 Å². The van der Waals surface area contributed by atoms with Gasteiger partial charge < -0.3 is 14.7 Å². The van der Waals surface area contributed by atoms with Crippen molar-refractivity contribution >= 4 is 0 Å². The fourth-order valence-corrected chi connectivity index (χ4v) is 3.47. The van der Waals surface area contributed by atoms with E-state index in [0.29, 0.717) is 0 Å². The van der Waals surface area contributed by atoms with Crippen LogP contribution in [0.4, 0.5) is 0 Å². The van der Waals surface area contributed by atoms with Gasteiger partial charge in [-0.05, 0) is 24.3 Å². The van der Waals surface area contributed by atoms with Gasteiger partial charge in [-0.2, -0.15) is 0 Å². The standard InChI is InChI=1S/C17H28N2O2/c1-17(2)6-3-14(4-7-17)19-8-5-16(20)15(13-19)18-9-11-21-12-10-18/h3-4,6,15-16,20H,5,7-13H2,1-2H3. The minimum Gasteiger partial charge on any atom is -0.391 e. The Morgan fingerprint density at radius 1 is 1.24 bits per heavy atom. The van der Waals surface area contributed by atoms with Crippen molar-refractivity contribution in [2.24, 2.45) is 5.41 Å². The lowest BCUT2D eigenvalue weighted by Crippen LogP contribution is -2.57. The Bertz CT molecular complexity index is 425. The molecule has 0 aromatic rings. The zero-order chi connectivity index (χ0) is 14.9. The van der Waals surface area contributed by atoms with Crippen LogP contribution in [-0.4, -0.2) is 66.4 Å². The first-order valence-electron chi connectivity index (χ1n) is 8.19. The number of rotatable bonds is 2. The molecule has 0 bridgehead atoms. The third-order valence-electron chi connectivity index (χ3n) is 4.97. The Balaban J connectivity index is 1.65. The van der Waals surface area contributed by atoms with Crippen molar-refractivity contribution in [3.8, 4) is 0 Å². The number of aliphatic hydroxyl groups excluding tert-OH is 1. The maximum absolute atomic E-state index is 10.4. The number of nitrogens with zero attached hydrogens (tertiary/aromatic N) is 2. The SMILES string of the molecule is CC1(C)C=CC(N2CCC(O)C(N3CCOCC3)C2)=CC1. The molecule has 3 rings (SSSR count). The first-order valence-corrected chi connectivity index (χ1v) is 8.19. The average molecular weight is 292 g/mol. The van der Waals surface area contributed by atoms with Gasteiger partial charge in [0.25, 0.3) is 0 Å². The largest absolute Gasteiger partial charge is 0.391 e. The van der Waals surface area contributed by atoms with Crippen molar-refractivity contribution in [2.75, 3.05) is 39.4 Å². The highest BCUT2D eigenvalue weighted by molar-refractivity contribution is 5.25. The molecule has 0 aromatic heterocycles. The highest BCUT2D eigenvalue weighted by atomic mass is 16.5. The smallest absolute Gasteiger partial charge is 0.0729 e. The number of piperidine rings is 1. The van der Waals surface area contributed by atoms with Gasteiger partial charge in [-0.3, -0.25) is 4.90 Å². The van der Waals surface area contributed by atoms with E-state index in [1.807, 2.05) is 0 Å². The van der Waals surface area contributed by atoms with E-state index in [0.717, 1.165) is 52.2 Å². The molecular formula is C17H28N2O2. The number of ether oxygens (including phenoxy) is 1. The summed E-state index contributed by atoms with van der Waals surface area (Å²) in [7, 11) is 0. The summed E-state index contributed by atoms with van der Waals surface area (Å²) < 4.78 is 5.43. The summed E-state index contributed by atoms with van der Waals surface area (Å²) in [5, 5.41) is 10.4. The number of morpholine rings is 1. The van der Waals surface area contributed by atoms with Crippen molar-refractivity contribution in [2.45, 2.75) is 38.8 Å². The third kappa shape index (κ3) is 3.50. The van der Waals surface area contributed by atoms with E-state index >= 15 is 0 Å². The van der Waals surface area contributed by atoms with Gasteiger partial charge in [0.1, 0.15) is 0 Å². The number of aliphatic hydroxyl groups is 1. The molecule has 2 unspecified atom stereocenters. The zero-order valence-electron chi connectivity index (χ0n) is 13.3. The minimum atomic E-state index is -0.205. The van der Waals surface area contributed by atoms with Crippen LogP contribution in [0.2, 0.25) is 0 Å². The van der Waals surface area contributed by atoms with Gasteiger partial charge in [-0.25, -0.2) is 0 Å². The Hall–Kier alpha value is -0.840. The van der Waals surface area contributed by atoms with E-state index in [1.54, 1.807) is 0 Å². The summed E-state index contributed by atoms with van der Waals surface area (Å²) in [5.41, 5.74) is 1.61. The molecule has 0 amide bonds. The quantitative estimate of drug-likeness (QED) is 0.839. The van der Waals surface area contributed by atoms with Crippen LogP contribution in [0.1, 0.15) is 26.7 Å². The van der Waals surface area contributed by atoms with Gasteiger partial charge in [0, 0.05) is 31.9 Å². The van der Waals surface area contributed by atoms with Crippen LogP contribution in [0.25, 0.3) is 0 Å². The van der Waals surface area contributed by atoms with E-state index in [9.17, 15) is 5.11 Å². The Morgan fingerprint density at radius 2 is 2.00 bits per heavy atom. The maximum Gasteiger partial charge on any atom is 0.0729 e. The Labute approximate surface area is 128 Å². The second-order valence-corrected chi connectivity index (χ2v) is 7.17. The van der Waals surface area contributed by atoms with Crippen molar-refractivity contribution in [3.63, 3.8) is 0 Å². The van der Waals surface area contributed by atoms with Crippen LogP contribution >= 0.6 is 0 Å². The first kappa shape index (κ1) is 15.1. The van der Waals surface area contributed by atoms with E-state index in [-0.39, 0.29) is 17.6 Å². The van der Waals surface area contributed by atoms with Crippen molar-refractivity contribution in [3.05, 3.63) is 23.9 Å². The van der Waals surface area contributed by atoms with Crippen LogP contribution in [0, 0.1) is 5.41 Å². The van der Waals surface area contributed by atoms with Crippen molar-refractivity contribution in [1.82, 2.24) is 9.80 Å². The second-order valence-electron chi connectivity index (χ2n) is 7.17. The van der Waals surface area contributed by atoms with E-state index in [2.05, 4.69) is 41.9 Å². The molecule has 1 aliphatic carbocycles. The zero-order valence-corrected chi connectivity index (χ0v) is 13.3. The number of hydrogen-bond acceptors (Lipinski definition) is 4. The van der Waals surface area contributed by atoms with Crippen LogP contribution in [0.15, 0.2) is 23.9 Å². The summed E-state index contributed by atoms with van der Waals surface area (Å²) >= 11 is 0. The predicted octanol–water partition coefficient (Wildman–Crippen LogP) is 1.62. The molecule has 0 aromatic carbocycles. The molecule has 2 atom stereocenters. The van der Waals surface area contributed by atoms with Gasteiger partial charge >= 0.3 is 0 Å². The minimum absolute atomic E-state index is 0.205. The Morgan fingerprint density at radius 3 is 2.67 bits per heavy atom. The highest BCUT2D eigenvalue weighted by Gasteiger charge is 2.34. The molecule has 4 heteroatoms. The summed E-state index contributed by atoms with van der Waals surface area (Å²) in [5.74, 6) is 0. The normalized spacial score (nSPS) is 33.9. The molecule has 2 heterocycles. The topological polar surface area (TPSA) is 35.9 Å². The lowest BCUT2D eigenvalue weighted by Gasteiger charge is -2.45. The molecule has 4 nitrogen and oxygen atoms in total. The Kier molecular flexibility index (Phi) is 4.38. The van der Waals surface area contributed by atoms with Crippen LogP contribution in [-0.2, 0) is 4.74 Å². The molecule has 0 saturated carbocycles. The van der Waals surface area contributed by atoms with Gasteiger partial charge in [-0.15, -0.1) is 0 Å². The maximum atomic E-state index is 10.4. The molecule has 21 heavy (non-hydrogen) atoms.